The van der Waals surface area contributed by atoms with Gasteiger partial charge in [0.2, 0.25) is 5.34 Å². The van der Waals surface area contributed by atoms with E-state index in [1.54, 1.807) is 0 Å². The molecule has 3 N–H and O–H groups in total. The van der Waals surface area contributed by atoms with E-state index in [2.05, 4.69) is 35.6 Å². The number of hydrogen-bond donors (Lipinski definition) is 3. The first-order chi connectivity index (χ1) is 13.9. The van der Waals surface area contributed by atoms with Crippen molar-refractivity contribution in [1.82, 2.24) is 0 Å². The van der Waals surface area contributed by atoms with Crippen molar-refractivity contribution in [2.45, 2.75) is 82.4 Å². The molecule has 0 heterocycles. The lowest BCUT2D eigenvalue weighted by Crippen LogP contribution is -2.49. The number of hydrogen-bond acceptors (Lipinski definition) is 2. The lowest BCUT2D eigenvalue weighted by molar-refractivity contribution is -0.875. The molecule has 30 heavy (non-hydrogen) atoms. The second-order valence-electron chi connectivity index (χ2n) is 9.69. The van der Waals surface area contributed by atoms with E-state index < -0.39 is 12.9 Å². The molecule has 1 aromatic rings. The molecule has 0 aromatic heterocycles. The van der Waals surface area contributed by atoms with Crippen LogP contribution in [0.15, 0.2) is 24.3 Å². The van der Waals surface area contributed by atoms with Crippen LogP contribution in [-0.4, -0.2) is 52.4 Å². The van der Waals surface area contributed by atoms with E-state index in [9.17, 15) is 19.5 Å². The summed E-state index contributed by atoms with van der Waals surface area (Å²) >= 11 is 2.26. The monoisotopic (exact) mass is 554 g/mol. The maximum atomic E-state index is 12.3. The molecule has 174 valence electrons. The fraction of sp³-hybridized carbons (Fsp3) is 0.739. The smallest absolute Gasteiger partial charge is 0.362 e. The summed E-state index contributed by atoms with van der Waals surface area (Å²) in [5.41, 5.74) is 1.05. The molecule has 1 rings (SSSR count). The minimum absolute atomic E-state index is 0.00906. The Morgan fingerprint density at radius 3 is 2.10 bits per heavy atom. The summed E-state index contributed by atoms with van der Waals surface area (Å²) in [6.45, 7) is 2.23. The first-order valence-corrected chi connectivity index (χ1v) is 13.9. The Kier molecular flexibility index (Phi) is 12.1. The normalized spacial score (nSPS) is 15.7. The van der Waals surface area contributed by atoms with Gasteiger partial charge in [0.25, 0.3) is 0 Å². The van der Waals surface area contributed by atoms with E-state index in [-0.39, 0.29) is 18.9 Å². The van der Waals surface area contributed by atoms with Crippen molar-refractivity contribution in [1.29, 1.82) is 0 Å². The molecular weight excluding hydrogens is 512 g/mol. The quantitative estimate of drug-likeness (QED) is 0.110. The Balaban J connectivity index is 2.86. The van der Waals surface area contributed by atoms with Gasteiger partial charge in [-0.2, -0.15) is 0 Å². The van der Waals surface area contributed by atoms with Gasteiger partial charge in [-0.3, -0.25) is 4.57 Å². The zero-order valence-electron chi connectivity index (χ0n) is 19.2. The first-order valence-electron chi connectivity index (χ1n) is 11.2. The highest BCUT2D eigenvalue weighted by Gasteiger charge is 2.50. The predicted octanol–water partition coefficient (Wildman–Crippen LogP) is 5.87. The highest BCUT2D eigenvalue weighted by molar-refractivity contribution is 14.1. The maximum Gasteiger partial charge on any atom is 0.362 e. The molecule has 0 aliphatic heterocycles. The minimum atomic E-state index is -4.69. The lowest BCUT2D eigenvalue weighted by Gasteiger charge is -2.37. The summed E-state index contributed by atoms with van der Waals surface area (Å²) in [6.07, 6.45) is 10.6. The fourth-order valence-electron chi connectivity index (χ4n) is 4.10. The molecule has 2 atom stereocenters. The summed E-state index contributed by atoms with van der Waals surface area (Å²) in [5, 5.41) is 9.10. The second kappa shape index (κ2) is 12.9. The molecule has 0 amide bonds. The van der Waals surface area contributed by atoms with E-state index >= 15 is 0 Å². The van der Waals surface area contributed by atoms with Crippen LogP contribution in [0.25, 0.3) is 0 Å². The molecule has 5 nitrogen and oxygen atoms in total. The van der Waals surface area contributed by atoms with Crippen molar-refractivity contribution in [3.8, 4) is 0 Å². The van der Waals surface area contributed by atoms with Gasteiger partial charge in [0, 0.05) is 9.99 Å². The van der Waals surface area contributed by atoms with E-state index in [0.29, 0.717) is 4.48 Å². The fourth-order valence-corrected chi connectivity index (χ4v) is 5.74. The second-order valence-corrected chi connectivity index (χ2v) is 12.9. The van der Waals surface area contributed by atoms with E-state index in [4.69, 9.17) is 0 Å². The number of rotatable bonds is 15. The summed E-state index contributed by atoms with van der Waals surface area (Å²) in [6, 6.07) is 8.08. The van der Waals surface area contributed by atoms with Crippen LogP contribution in [0.4, 0.5) is 0 Å². The van der Waals surface area contributed by atoms with Gasteiger partial charge >= 0.3 is 7.60 Å². The van der Waals surface area contributed by atoms with Gasteiger partial charge in [-0.1, -0.05) is 70.4 Å². The third-order valence-electron chi connectivity index (χ3n) is 5.57. The Morgan fingerprint density at radius 1 is 1.03 bits per heavy atom. The summed E-state index contributed by atoms with van der Waals surface area (Å²) in [4.78, 5) is 20.0. The average molecular weight is 554 g/mol. The number of halogens is 1. The zero-order chi connectivity index (χ0) is 22.8. The van der Waals surface area contributed by atoms with Crippen molar-refractivity contribution in [3.05, 3.63) is 33.4 Å². The van der Waals surface area contributed by atoms with Crippen LogP contribution in [0, 0.1) is 3.57 Å². The molecule has 0 fully saturated rings. The van der Waals surface area contributed by atoms with Crippen LogP contribution in [0.5, 0.6) is 0 Å². The third-order valence-corrected chi connectivity index (χ3v) is 7.65. The highest BCUT2D eigenvalue weighted by Crippen LogP contribution is 2.54. The van der Waals surface area contributed by atoms with Crippen LogP contribution < -0.4 is 0 Å². The number of benzene rings is 1. The highest BCUT2D eigenvalue weighted by atomic mass is 127. The van der Waals surface area contributed by atoms with Crippen LogP contribution >= 0.6 is 30.2 Å². The van der Waals surface area contributed by atoms with Gasteiger partial charge in [0.15, 0.2) is 0 Å². The van der Waals surface area contributed by atoms with E-state index in [1.807, 2.05) is 39.3 Å². The lowest BCUT2D eigenvalue weighted by atomic mass is 9.87. The SMILES string of the molecule is CCCCCCCCCCC(CC(O)(C[N+](C)(C)C)P(=O)(O)O)c1cccc(I)c1. The van der Waals surface area contributed by atoms with Crippen molar-refractivity contribution >= 4 is 30.2 Å². The zero-order valence-corrected chi connectivity index (χ0v) is 22.2. The average Bonchev–Trinajstić information content (AvgIpc) is 2.60. The Labute approximate surface area is 197 Å². The van der Waals surface area contributed by atoms with Gasteiger partial charge in [-0.25, -0.2) is 0 Å². The molecule has 0 bridgehead atoms. The number of quaternary nitrogens is 1. The van der Waals surface area contributed by atoms with Crippen molar-refractivity contribution < 1.29 is 23.9 Å². The van der Waals surface area contributed by atoms with Crippen molar-refractivity contribution in [3.63, 3.8) is 0 Å². The molecule has 0 radical (unpaired) electrons. The topological polar surface area (TPSA) is 77.8 Å². The summed E-state index contributed by atoms with van der Waals surface area (Å²) < 4.78 is 13.7. The first kappa shape index (κ1) is 28.1. The molecule has 0 spiro atoms. The van der Waals surface area contributed by atoms with Crippen LogP contribution in [-0.2, 0) is 4.57 Å². The van der Waals surface area contributed by atoms with Gasteiger partial charge < -0.3 is 19.4 Å². The summed E-state index contributed by atoms with van der Waals surface area (Å²) in [5.74, 6) is -0.0796. The van der Waals surface area contributed by atoms with Crippen molar-refractivity contribution in [2.75, 3.05) is 27.7 Å². The van der Waals surface area contributed by atoms with Crippen LogP contribution in [0.1, 0.15) is 82.6 Å². The van der Waals surface area contributed by atoms with Crippen LogP contribution in [0.3, 0.4) is 0 Å². The standard InChI is InChI=1S/C23H41INO4P/c1-5-6-7-8-9-10-11-12-14-21(20-15-13-16-22(24)17-20)18-23(26,30(27,28)29)19-25(2,3)4/h13,15-17,21,26H,5-12,14,18-19H2,1-4H3,(H-,27,28,29)/p+1. The molecule has 1 aromatic carbocycles. The molecule has 2 unspecified atom stereocenters. The molecule has 0 saturated heterocycles. The molecule has 0 aliphatic rings. The summed E-state index contributed by atoms with van der Waals surface area (Å²) in [7, 11) is 0.848. The predicted molar refractivity (Wildman–Crippen MR) is 134 cm³/mol. The molecule has 0 saturated carbocycles. The van der Waals surface area contributed by atoms with Gasteiger partial charge in [-0.05, 0) is 52.6 Å². The third kappa shape index (κ3) is 10.6. The van der Waals surface area contributed by atoms with E-state index in [0.717, 1.165) is 28.4 Å². The van der Waals surface area contributed by atoms with Gasteiger partial charge in [0.1, 0.15) is 6.54 Å². The van der Waals surface area contributed by atoms with Gasteiger partial charge in [-0.15, -0.1) is 0 Å². The number of nitrogens with zero attached hydrogens (tertiary/aromatic N) is 1. The number of aliphatic hydroxyl groups is 1. The number of likely N-dealkylation sites (N-methyl/N-ethyl adjacent to an activating group) is 1. The molecule has 0 aliphatic carbocycles. The Hall–Kier alpha value is 0.0200. The maximum absolute atomic E-state index is 12.3. The van der Waals surface area contributed by atoms with Crippen LogP contribution in [0.2, 0.25) is 0 Å². The van der Waals surface area contributed by atoms with E-state index in [1.165, 1.54) is 38.5 Å². The largest absolute Gasteiger partial charge is 0.373 e. The molecular formula is C23H42INO4P+. The van der Waals surface area contributed by atoms with Gasteiger partial charge in [0.05, 0.1) is 21.1 Å². The Morgan fingerprint density at radius 2 is 1.60 bits per heavy atom. The number of unbranched alkanes of at least 4 members (excludes halogenated alkanes) is 7. The Bertz CT molecular complexity index is 673. The van der Waals surface area contributed by atoms with Crippen molar-refractivity contribution in [2.24, 2.45) is 0 Å². The molecule has 7 heteroatoms. The minimum Gasteiger partial charge on any atom is -0.373 e.